The second-order valence-corrected chi connectivity index (χ2v) is 18.7. The molecule has 6 nitrogen and oxygen atoms in total. The van der Waals surface area contributed by atoms with E-state index in [0.29, 0.717) is 36.8 Å². The number of carbonyl (C=O) groups is 4. The lowest BCUT2D eigenvalue weighted by molar-refractivity contribution is -0.156. The van der Waals surface area contributed by atoms with Crippen LogP contribution in [0.2, 0.25) is 0 Å². The van der Waals surface area contributed by atoms with Crippen LogP contribution in [-0.4, -0.2) is 35.7 Å². The van der Waals surface area contributed by atoms with Gasteiger partial charge in [-0.3, -0.25) is 19.2 Å². The highest BCUT2D eigenvalue weighted by molar-refractivity contribution is 6.02. The van der Waals surface area contributed by atoms with Crippen LogP contribution in [0.3, 0.4) is 0 Å². The predicted octanol–water partition coefficient (Wildman–Crippen LogP) is 14.7. The highest BCUT2D eigenvalue weighted by Crippen LogP contribution is 2.42. The van der Waals surface area contributed by atoms with Crippen molar-refractivity contribution >= 4 is 23.5 Å². The topological polar surface area (TPSA) is 86.7 Å². The number of Topliss-reactive ketones (excluding diaryl/α,β-unsaturated/α-hetero) is 2. The number of rotatable bonds is 24. The summed E-state index contributed by atoms with van der Waals surface area (Å²) in [6.45, 7) is 24.7. The first-order valence-electron chi connectivity index (χ1n) is 23.3. The van der Waals surface area contributed by atoms with Gasteiger partial charge in [0.25, 0.3) is 0 Å². The zero-order valence-electron chi connectivity index (χ0n) is 40.6. The van der Waals surface area contributed by atoms with Crippen molar-refractivity contribution in [2.75, 3.05) is 0 Å². The van der Waals surface area contributed by atoms with Crippen molar-refractivity contribution in [1.29, 1.82) is 0 Å². The zero-order valence-corrected chi connectivity index (χ0v) is 40.6. The summed E-state index contributed by atoms with van der Waals surface area (Å²) in [5.74, 6) is -0.733. The SMILES string of the molecule is CCCCCCCC(=O)OC1CC(C)(C)C(/C=C/C(C)=C/C=C/C(C)=C/C=C/C=C(C)/C=C/C=C(C)/C=C/C2=C(C)C(=O)C(OC(=O)CCCCCCC)CC2(C)C)=C(C)C1=O. The lowest BCUT2D eigenvalue weighted by Gasteiger charge is -2.36. The fourth-order valence-corrected chi connectivity index (χ4v) is 7.94. The molecule has 62 heavy (non-hydrogen) atoms. The number of allylic oxidation sites excluding steroid dienone is 20. The summed E-state index contributed by atoms with van der Waals surface area (Å²) in [6.07, 6.45) is 39.5. The van der Waals surface area contributed by atoms with Crippen LogP contribution in [0.1, 0.15) is 173 Å². The van der Waals surface area contributed by atoms with Crippen LogP contribution < -0.4 is 0 Å². The molecule has 2 unspecified atom stereocenters. The molecule has 2 rings (SSSR count). The predicted molar refractivity (Wildman–Crippen MR) is 259 cm³/mol. The molecular formula is C56H80O6. The number of ketones is 2. The molecule has 0 saturated carbocycles. The fraction of sp³-hybridized carbons (Fsp3) is 0.536. The van der Waals surface area contributed by atoms with Gasteiger partial charge in [0, 0.05) is 25.7 Å². The molecule has 0 aromatic carbocycles. The van der Waals surface area contributed by atoms with Crippen molar-refractivity contribution in [1.82, 2.24) is 0 Å². The maximum absolute atomic E-state index is 13.2. The molecule has 340 valence electrons. The average Bonchev–Trinajstić information content (AvgIpc) is 3.19. The minimum atomic E-state index is -0.714. The van der Waals surface area contributed by atoms with Crippen LogP contribution in [-0.2, 0) is 28.7 Å². The average molecular weight is 849 g/mol. The van der Waals surface area contributed by atoms with Gasteiger partial charge in [0.15, 0.2) is 23.8 Å². The number of unbranched alkanes of at least 4 members (excludes halogenated alkanes) is 8. The van der Waals surface area contributed by atoms with E-state index in [9.17, 15) is 19.2 Å². The highest BCUT2D eigenvalue weighted by Gasteiger charge is 2.41. The van der Waals surface area contributed by atoms with Crippen molar-refractivity contribution in [2.24, 2.45) is 10.8 Å². The molecule has 0 aromatic heterocycles. The lowest BCUT2D eigenvalue weighted by atomic mass is 9.71. The largest absolute Gasteiger partial charge is 0.454 e. The van der Waals surface area contributed by atoms with Crippen molar-refractivity contribution in [3.8, 4) is 0 Å². The molecule has 0 aliphatic heterocycles. The summed E-state index contributed by atoms with van der Waals surface area (Å²) in [6, 6.07) is 0. The summed E-state index contributed by atoms with van der Waals surface area (Å²) in [5.41, 5.74) is 7.04. The summed E-state index contributed by atoms with van der Waals surface area (Å²) in [7, 11) is 0. The van der Waals surface area contributed by atoms with E-state index in [1.165, 1.54) is 12.8 Å². The van der Waals surface area contributed by atoms with Gasteiger partial charge in [-0.1, -0.05) is 200 Å². The van der Waals surface area contributed by atoms with E-state index >= 15 is 0 Å². The lowest BCUT2D eigenvalue weighted by Crippen LogP contribution is -2.39. The van der Waals surface area contributed by atoms with Gasteiger partial charge in [0.1, 0.15) is 0 Å². The van der Waals surface area contributed by atoms with Gasteiger partial charge in [0.2, 0.25) is 0 Å². The Morgan fingerprint density at radius 2 is 0.839 bits per heavy atom. The smallest absolute Gasteiger partial charge is 0.306 e. The number of carbonyl (C=O) groups excluding carboxylic acids is 4. The summed E-state index contributed by atoms with van der Waals surface area (Å²) in [5, 5.41) is 0. The quantitative estimate of drug-likeness (QED) is 0.0546. The summed E-state index contributed by atoms with van der Waals surface area (Å²) in [4.78, 5) is 51.4. The molecule has 0 amide bonds. The van der Waals surface area contributed by atoms with Gasteiger partial charge in [-0.25, -0.2) is 0 Å². The van der Waals surface area contributed by atoms with Gasteiger partial charge >= 0.3 is 11.9 Å². The summed E-state index contributed by atoms with van der Waals surface area (Å²) < 4.78 is 11.4. The Labute approximate surface area is 376 Å². The van der Waals surface area contributed by atoms with Crippen molar-refractivity contribution in [2.45, 2.75) is 185 Å². The number of hydrogen-bond acceptors (Lipinski definition) is 6. The van der Waals surface area contributed by atoms with Crippen LogP contribution in [0, 0.1) is 10.8 Å². The number of ether oxygens (including phenoxy) is 2. The highest BCUT2D eigenvalue weighted by atomic mass is 16.6. The normalized spacial score (nSPS) is 20.6. The van der Waals surface area contributed by atoms with Crippen molar-refractivity contribution < 1.29 is 28.7 Å². The van der Waals surface area contributed by atoms with E-state index in [4.69, 9.17) is 9.47 Å². The zero-order chi connectivity index (χ0) is 46.3. The third kappa shape index (κ3) is 19.2. The van der Waals surface area contributed by atoms with Crippen LogP contribution in [0.25, 0.3) is 0 Å². The molecular weight excluding hydrogens is 769 g/mol. The molecule has 0 bridgehead atoms. The number of hydrogen-bond donors (Lipinski definition) is 0. The Morgan fingerprint density at radius 3 is 1.19 bits per heavy atom. The van der Waals surface area contributed by atoms with Gasteiger partial charge in [-0.05, 0) is 87.5 Å². The molecule has 0 spiro atoms. The standard InChI is InChI=1S/C56H80O6/c1-13-15-17-19-21-33-51(57)61-49-39-55(9,10)47(45(7)53(49)59)37-35-43(5)31-25-29-41(3)27-23-24-28-42(4)30-26-32-44(6)36-38-48-46(8)54(60)50(40-56(48,11)12)62-52(58)34-22-20-18-16-14-2/h23-32,35-38,49-50H,13-22,33-34,39-40H2,1-12H3/b24-23+,29-25+,30-26+,37-35+,38-36+,41-27+,42-28+,43-31+,44-32+. The Kier molecular flexibility index (Phi) is 23.7. The van der Waals surface area contributed by atoms with E-state index in [-0.39, 0.29) is 34.3 Å². The second kappa shape index (κ2) is 27.5. The monoisotopic (exact) mass is 849 g/mol. The second-order valence-electron chi connectivity index (χ2n) is 18.7. The molecule has 6 heteroatoms. The molecule has 0 fully saturated rings. The molecule has 0 heterocycles. The van der Waals surface area contributed by atoms with Crippen LogP contribution in [0.5, 0.6) is 0 Å². The number of esters is 2. The molecule has 2 aliphatic rings. The Hall–Kier alpha value is -4.58. The van der Waals surface area contributed by atoms with Gasteiger partial charge < -0.3 is 9.47 Å². The third-order valence-electron chi connectivity index (χ3n) is 11.8. The van der Waals surface area contributed by atoms with Crippen molar-refractivity contribution in [3.63, 3.8) is 0 Å². The van der Waals surface area contributed by atoms with Gasteiger partial charge in [-0.2, -0.15) is 0 Å². The Bertz CT molecular complexity index is 1750. The van der Waals surface area contributed by atoms with E-state index in [0.717, 1.165) is 84.8 Å². The maximum Gasteiger partial charge on any atom is 0.306 e. The van der Waals surface area contributed by atoms with Crippen LogP contribution >= 0.6 is 0 Å². The van der Waals surface area contributed by atoms with E-state index in [1.54, 1.807) is 0 Å². The van der Waals surface area contributed by atoms with E-state index < -0.39 is 12.2 Å². The molecule has 2 aliphatic carbocycles. The molecule has 0 saturated heterocycles. The summed E-state index contributed by atoms with van der Waals surface area (Å²) >= 11 is 0. The Balaban J connectivity index is 1.93. The van der Waals surface area contributed by atoms with Crippen molar-refractivity contribution in [3.05, 3.63) is 130 Å². The minimum absolute atomic E-state index is 0.0944. The third-order valence-corrected chi connectivity index (χ3v) is 11.8. The molecule has 2 atom stereocenters. The minimum Gasteiger partial charge on any atom is -0.454 e. The molecule has 0 radical (unpaired) electrons. The fourth-order valence-electron chi connectivity index (χ4n) is 7.94. The van der Waals surface area contributed by atoms with E-state index in [2.05, 4.69) is 91.8 Å². The van der Waals surface area contributed by atoms with E-state index in [1.807, 2.05) is 76.3 Å². The first-order valence-corrected chi connectivity index (χ1v) is 23.3. The first-order chi connectivity index (χ1) is 29.3. The van der Waals surface area contributed by atoms with Crippen LogP contribution in [0.15, 0.2) is 130 Å². The maximum atomic E-state index is 13.2. The van der Waals surface area contributed by atoms with Gasteiger partial charge in [0.05, 0.1) is 0 Å². The molecule has 0 N–H and O–H groups in total. The van der Waals surface area contributed by atoms with Gasteiger partial charge in [-0.15, -0.1) is 0 Å². The Morgan fingerprint density at radius 1 is 0.516 bits per heavy atom. The first kappa shape index (κ1) is 53.6. The molecule has 0 aromatic rings. The van der Waals surface area contributed by atoms with Crippen LogP contribution in [0.4, 0.5) is 0 Å².